The smallest absolute Gasteiger partial charge is 0.0409 e. The molecule has 72 valence electrons. The zero-order chi connectivity index (χ0) is 8.97. The van der Waals surface area contributed by atoms with Crippen LogP contribution < -0.4 is 0 Å². The highest BCUT2D eigenvalue weighted by Crippen LogP contribution is 2.41. The first-order chi connectivity index (χ1) is 5.84. The van der Waals surface area contributed by atoms with Gasteiger partial charge in [0.05, 0.1) is 0 Å². The number of hydrogen-bond donors (Lipinski definition) is 0. The third kappa shape index (κ3) is 2.50. The first-order valence-electron chi connectivity index (χ1n) is 5.84. The van der Waals surface area contributed by atoms with E-state index in [0.29, 0.717) is 0 Å². The summed E-state index contributed by atoms with van der Waals surface area (Å²) in [4.78, 5) is 0. The molecule has 0 aromatic rings. The zero-order valence-electron chi connectivity index (χ0n) is 8.97. The van der Waals surface area contributed by atoms with Crippen LogP contribution in [0.3, 0.4) is 0 Å². The van der Waals surface area contributed by atoms with Crippen LogP contribution in [0.25, 0.3) is 0 Å². The van der Waals surface area contributed by atoms with E-state index in [1.165, 1.54) is 19.3 Å². The van der Waals surface area contributed by atoms with Gasteiger partial charge in [-0.05, 0) is 37.0 Å². The lowest BCUT2D eigenvalue weighted by molar-refractivity contribution is 0.146. The van der Waals surface area contributed by atoms with E-state index < -0.39 is 0 Å². The molecule has 0 N–H and O–H groups in total. The Balaban J connectivity index is 0.000000336. The van der Waals surface area contributed by atoms with Crippen LogP contribution in [0.15, 0.2) is 0 Å². The Morgan fingerprint density at radius 2 is 1.33 bits per heavy atom. The van der Waals surface area contributed by atoms with Gasteiger partial charge in [0.25, 0.3) is 0 Å². The maximum absolute atomic E-state index is 2.44. The van der Waals surface area contributed by atoms with E-state index in [1.54, 1.807) is 19.3 Å². The first kappa shape index (κ1) is 10.1. The molecule has 2 saturated carbocycles. The fourth-order valence-electron chi connectivity index (χ4n) is 3.06. The molecule has 2 fully saturated rings. The van der Waals surface area contributed by atoms with Crippen LogP contribution in [0, 0.1) is 17.8 Å². The van der Waals surface area contributed by atoms with Gasteiger partial charge in [-0.3, -0.25) is 0 Å². The van der Waals surface area contributed by atoms with E-state index in [4.69, 9.17) is 0 Å². The van der Waals surface area contributed by atoms with Crippen LogP contribution >= 0.6 is 0 Å². The molecule has 2 rings (SSSR count). The van der Waals surface area contributed by atoms with Crippen LogP contribution in [0.1, 0.15) is 59.3 Å². The number of fused-ring (bicyclic) bond motifs is 2. The van der Waals surface area contributed by atoms with Gasteiger partial charge in [0.15, 0.2) is 0 Å². The standard InChI is InChI=1S/C10H18.C2H6/c1-8-5-9-3-2-4-10(6-8)7-9;1-2/h8-10H,2-7H2,1H3;1-2H3. The lowest BCUT2D eigenvalue weighted by atomic mass is 9.69. The Morgan fingerprint density at radius 1 is 0.833 bits per heavy atom. The second-order valence-corrected chi connectivity index (χ2v) is 4.48. The first-order valence-corrected chi connectivity index (χ1v) is 5.84. The van der Waals surface area contributed by atoms with E-state index in [1.807, 2.05) is 13.8 Å². The largest absolute Gasteiger partial charge is 0.0683 e. The highest BCUT2D eigenvalue weighted by molar-refractivity contribution is 4.81. The van der Waals surface area contributed by atoms with Gasteiger partial charge in [0, 0.05) is 0 Å². The Morgan fingerprint density at radius 3 is 1.83 bits per heavy atom. The average molecular weight is 168 g/mol. The maximum atomic E-state index is 2.44. The topological polar surface area (TPSA) is 0 Å². The molecule has 2 atom stereocenters. The highest BCUT2D eigenvalue weighted by Gasteiger charge is 2.29. The molecule has 2 unspecified atom stereocenters. The maximum Gasteiger partial charge on any atom is -0.0409 e. The van der Waals surface area contributed by atoms with E-state index >= 15 is 0 Å². The molecule has 0 saturated heterocycles. The van der Waals surface area contributed by atoms with Gasteiger partial charge in [-0.1, -0.05) is 40.0 Å². The van der Waals surface area contributed by atoms with Gasteiger partial charge in [0.2, 0.25) is 0 Å². The van der Waals surface area contributed by atoms with Gasteiger partial charge in [-0.15, -0.1) is 0 Å². The summed E-state index contributed by atoms with van der Waals surface area (Å²) < 4.78 is 0. The molecular weight excluding hydrogens is 144 g/mol. The predicted octanol–water partition coefficient (Wildman–Crippen LogP) is 4.25. The molecule has 0 radical (unpaired) electrons. The average Bonchev–Trinajstić information content (AvgIpc) is 2.07. The van der Waals surface area contributed by atoms with Crippen LogP contribution in [-0.2, 0) is 0 Å². The minimum absolute atomic E-state index is 1.05. The number of rotatable bonds is 0. The SMILES string of the molecule is CC.CC1CC2CCCC(C1)C2. The summed E-state index contributed by atoms with van der Waals surface area (Å²) in [5.41, 5.74) is 0. The molecule has 0 aromatic carbocycles. The van der Waals surface area contributed by atoms with Gasteiger partial charge in [-0.2, -0.15) is 0 Å². The molecule has 0 spiro atoms. The van der Waals surface area contributed by atoms with Gasteiger partial charge in [-0.25, -0.2) is 0 Å². The van der Waals surface area contributed by atoms with Gasteiger partial charge in [0.1, 0.15) is 0 Å². The number of hydrogen-bond acceptors (Lipinski definition) is 0. The van der Waals surface area contributed by atoms with Crippen molar-refractivity contribution in [1.82, 2.24) is 0 Å². The molecule has 2 bridgehead atoms. The highest BCUT2D eigenvalue weighted by atomic mass is 14.3. The van der Waals surface area contributed by atoms with Crippen LogP contribution in [0.5, 0.6) is 0 Å². The molecule has 0 aliphatic heterocycles. The molecule has 2 aliphatic rings. The molecule has 0 heterocycles. The van der Waals surface area contributed by atoms with Gasteiger partial charge < -0.3 is 0 Å². The molecule has 2 aliphatic carbocycles. The minimum Gasteiger partial charge on any atom is -0.0683 e. The molecule has 0 nitrogen and oxygen atoms in total. The third-order valence-corrected chi connectivity index (χ3v) is 3.36. The van der Waals surface area contributed by atoms with E-state index in [9.17, 15) is 0 Å². The van der Waals surface area contributed by atoms with Crippen LogP contribution in [0.2, 0.25) is 0 Å². The molecule has 0 aromatic heterocycles. The normalized spacial score (nSPS) is 39.8. The summed E-state index contributed by atoms with van der Waals surface area (Å²) in [5.74, 6) is 3.30. The quantitative estimate of drug-likeness (QED) is 0.507. The fraction of sp³-hybridized carbons (Fsp3) is 1.00. The van der Waals surface area contributed by atoms with Crippen LogP contribution in [-0.4, -0.2) is 0 Å². The summed E-state index contributed by atoms with van der Waals surface area (Å²) in [5, 5.41) is 0. The van der Waals surface area contributed by atoms with Crippen molar-refractivity contribution in [3.63, 3.8) is 0 Å². The van der Waals surface area contributed by atoms with Crippen molar-refractivity contribution in [2.75, 3.05) is 0 Å². The minimum atomic E-state index is 1.05. The summed E-state index contributed by atoms with van der Waals surface area (Å²) in [6, 6.07) is 0. The summed E-state index contributed by atoms with van der Waals surface area (Å²) in [6.45, 7) is 6.44. The lowest BCUT2D eigenvalue weighted by Gasteiger charge is -2.37. The Hall–Kier alpha value is 0. The molecule has 0 amide bonds. The van der Waals surface area contributed by atoms with Crippen molar-refractivity contribution in [2.45, 2.75) is 59.3 Å². The van der Waals surface area contributed by atoms with Crippen molar-refractivity contribution in [3.05, 3.63) is 0 Å². The van der Waals surface area contributed by atoms with Crippen molar-refractivity contribution in [3.8, 4) is 0 Å². The molecular formula is C12H24. The summed E-state index contributed by atoms with van der Waals surface area (Å²) in [6.07, 6.45) is 9.26. The fourth-order valence-corrected chi connectivity index (χ4v) is 3.06. The summed E-state index contributed by atoms with van der Waals surface area (Å²) in [7, 11) is 0. The second kappa shape index (κ2) is 4.89. The summed E-state index contributed by atoms with van der Waals surface area (Å²) >= 11 is 0. The second-order valence-electron chi connectivity index (χ2n) is 4.48. The van der Waals surface area contributed by atoms with Crippen molar-refractivity contribution >= 4 is 0 Å². The van der Waals surface area contributed by atoms with Gasteiger partial charge >= 0.3 is 0 Å². The predicted molar refractivity (Wildman–Crippen MR) is 55.2 cm³/mol. The van der Waals surface area contributed by atoms with E-state index in [0.717, 1.165) is 17.8 Å². The monoisotopic (exact) mass is 168 g/mol. The van der Waals surface area contributed by atoms with Crippen molar-refractivity contribution in [1.29, 1.82) is 0 Å². The Kier molecular flexibility index (Phi) is 4.11. The van der Waals surface area contributed by atoms with E-state index in [-0.39, 0.29) is 0 Å². The molecule has 0 heteroatoms. The van der Waals surface area contributed by atoms with Crippen LogP contribution in [0.4, 0.5) is 0 Å². The zero-order valence-corrected chi connectivity index (χ0v) is 8.97. The van der Waals surface area contributed by atoms with Crippen molar-refractivity contribution < 1.29 is 0 Å². The lowest BCUT2D eigenvalue weighted by Crippen LogP contribution is -2.25. The Labute approximate surface area is 77.7 Å². The Bertz CT molecular complexity index is 101. The molecule has 12 heavy (non-hydrogen) atoms. The third-order valence-electron chi connectivity index (χ3n) is 3.36. The van der Waals surface area contributed by atoms with Crippen molar-refractivity contribution in [2.24, 2.45) is 17.8 Å². The van der Waals surface area contributed by atoms with E-state index in [2.05, 4.69) is 6.92 Å².